The first-order chi connectivity index (χ1) is 15.6. The SMILES string of the molecule is CN1C(=O)/C(=C/c2ccc(OCC(=O)Nc3ccccc3)cc2)SC1=Nc1ccccc1. The number of amidine groups is 1. The van der Waals surface area contributed by atoms with Crippen LogP contribution in [0.5, 0.6) is 5.75 Å². The van der Waals surface area contributed by atoms with Gasteiger partial charge in [0.15, 0.2) is 11.8 Å². The lowest BCUT2D eigenvalue weighted by atomic mass is 10.2. The van der Waals surface area contributed by atoms with E-state index < -0.39 is 0 Å². The van der Waals surface area contributed by atoms with Gasteiger partial charge in [-0.1, -0.05) is 48.5 Å². The lowest BCUT2D eigenvalue weighted by Crippen LogP contribution is -2.23. The minimum absolute atomic E-state index is 0.0895. The molecule has 1 fully saturated rings. The molecule has 0 radical (unpaired) electrons. The number of para-hydroxylation sites is 2. The van der Waals surface area contributed by atoms with Crippen molar-refractivity contribution in [3.63, 3.8) is 0 Å². The van der Waals surface area contributed by atoms with Crippen LogP contribution < -0.4 is 10.1 Å². The number of rotatable bonds is 6. The van der Waals surface area contributed by atoms with Gasteiger partial charge in [-0.25, -0.2) is 4.99 Å². The van der Waals surface area contributed by atoms with E-state index in [9.17, 15) is 9.59 Å². The second-order valence-electron chi connectivity index (χ2n) is 6.98. The van der Waals surface area contributed by atoms with Crippen molar-refractivity contribution in [2.45, 2.75) is 0 Å². The van der Waals surface area contributed by atoms with Gasteiger partial charge in [0.05, 0.1) is 10.6 Å². The molecular formula is C25H21N3O3S. The zero-order chi connectivity index (χ0) is 22.3. The van der Waals surface area contributed by atoms with Crippen LogP contribution >= 0.6 is 11.8 Å². The Balaban J connectivity index is 1.37. The number of hydrogen-bond donors (Lipinski definition) is 1. The van der Waals surface area contributed by atoms with Gasteiger partial charge >= 0.3 is 0 Å². The van der Waals surface area contributed by atoms with Crippen LogP contribution in [0.15, 0.2) is 94.8 Å². The Kier molecular flexibility index (Phi) is 6.67. The van der Waals surface area contributed by atoms with Crippen molar-refractivity contribution < 1.29 is 14.3 Å². The predicted octanol–water partition coefficient (Wildman–Crippen LogP) is 4.94. The number of amides is 2. The minimum Gasteiger partial charge on any atom is -0.484 e. The number of nitrogens with zero attached hydrogens (tertiary/aromatic N) is 2. The number of carbonyl (C=O) groups is 2. The summed E-state index contributed by atoms with van der Waals surface area (Å²) in [5.41, 5.74) is 2.38. The van der Waals surface area contributed by atoms with Gasteiger partial charge in [-0.2, -0.15) is 0 Å². The molecule has 0 unspecified atom stereocenters. The molecule has 1 aliphatic rings. The largest absolute Gasteiger partial charge is 0.484 e. The third-order valence-electron chi connectivity index (χ3n) is 4.59. The monoisotopic (exact) mass is 443 g/mol. The molecule has 1 aliphatic heterocycles. The van der Waals surface area contributed by atoms with Gasteiger partial charge in [-0.3, -0.25) is 14.5 Å². The molecule has 0 saturated carbocycles. The Morgan fingerprint density at radius 1 is 1.00 bits per heavy atom. The molecule has 0 atom stereocenters. The maximum Gasteiger partial charge on any atom is 0.266 e. The Morgan fingerprint density at radius 3 is 2.34 bits per heavy atom. The highest BCUT2D eigenvalue weighted by Gasteiger charge is 2.30. The fourth-order valence-electron chi connectivity index (χ4n) is 2.94. The van der Waals surface area contributed by atoms with Gasteiger partial charge in [0, 0.05) is 12.7 Å². The molecule has 32 heavy (non-hydrogen) atoms. The topological polar surface area (TPSA) is 71.0 Å². The van der Waals surface area contributed by atoms with Gasteiger partial charge < -0.3 is 10.1 Å². The van der Waals surface area contributed by atoms with Crippen LogP contribution in [0.25, 0.3) is 6.08 Å². The number of aliphatic imine (C=N–C) groups is 1. The minimum atomic E-state index is -0.233. The highest BCUT2D eigenvalue weighted by Crippen LogP contribution is 2.33. The molecule has 1 heterocycles. The van der Waals surface area contributed by atoms with Crippen LogP contribution in [-0.2, 0) is 9.59 Å². The second kappa shape index (κ2) is 9.98. The maximum absolute atomic E-state index is 12.6. The van der Waals surface area contributed by atoms with Gasteiger partial charge in [0.2, 0.25) is 0 Å². The van der Waals surface area contributed by atoms with Crippen molar-refractivity contribution in [2.24, 2.45) is 4.99 Å². The molecule has 160 valence electrons. The van der Waals surface area contributed by atoms with E-state index in [2.05, 4.69) is 10.3 Å². The Bertz CT molecular complexity index is 1160. The highest BCUT2D eigenvalue weighted by atomic mass is 32.2. The zero-order valence-corrected chi connectivity index (χ0v) is 18.2. The van der Waals surface area contributed by atoms with E-state index >= 15 is 0 Å². The quantitative estimate of drug-likeness (QED) is 0.548. The molecule has 0 aliphatic carbocycles. The van der Waals surface area contributed by atoms with E-state index in [1.165, 1.54) is 11.8 Å². The first-order valence-electron chi connectivity index (χ1n) is 9.97. The molecule has 3 aromatic carbocycles. The normalized spacial score (nSPS) is 15.9. The number of anilines is 1. The zero-order valence-electron chi connectivity index (χ0n) is 17.4. The van der Waals surface area contributed by atoms with Crippen LogP contribution in [0.3, 0.4) is 0 Å². The number of thioether (sulfide) groups is 1. The van der Waals surface area contributed by atoms with Crippen molar-refractivity contribution >= 4 is 46.2 Å². The maximum atomic E-state index is 12.6. The number of hydrogen-bond acceptors (Lipinski definition) is 5. The van der Waals surface area contributed by atoms with Crippen LogP contribution in [-0.4, -0.2) is 35.5 Å². The van der Waals surface area contributed by atoms with E-state index in [1.54, 1.807) is 24.1 Å². The standard InChI is InChI=1S/C25H21N3O3S/c1-28-24(30)22(32-25(28)27-20-10-6-3-7-11-20)16-18-12-14-21(15-13-18)31-17-23(29)26-19-8-4-2-5-9-19/h2-16H,17H2,1H3,(H,26,29)/b22-16-,27-25?. The van der Waals surface area contributed by atoms with Gasteiger partial charge in [0.1, 0.15) is 5.75 Å². The molecule has 0 bridgehead atoms. The summed E-state index contributed by atoms with van der Waals surface area (Å²) < 4.78 is 5.55. The van der Waals surface area contributed by atoms with Gasteiger partial charge in [0.25, 0.3) is 11.8 Å². The predicted molar refractivity (Wildman–Crippen MR) is 129 cm³/mol. The lowest BCUT2D eigenvalue weighted by molar-refractivity contribution is -0.121. The number of benzene rings is 3. The summed E-state index contributed by atoms with van der Waals surface area (Å²) >= 11 is 1.34. The fraction of sp³-hybridized carbons (Fsp3) is 0.0800. The molecule has 0 aromatic heterocycles. The molecule has 1 N–H and O–H groups in total. The summed E-state index contributed by atoms with van der Waals surface area (Å²) in [6.45, 7) is -0.0895. The Morgan fingerprint density at radius 2 is 1.66 bits per heavy atom. The van der Waals surface area contributed by atoms with Crippen molar-refractivity contribution in [3.05, 3.63) is 95.4 Å². The first kappa shape index (κ1) is 21.4. The van der Waals surface area contributed by atoms with Crippen LogP contribution in [0.1, 0.15) is 5.56 Å². The molecule has 0 spiro atoms. The lowest BCUT2D eigenvalue weighted by Gasteiger charge is -2.08. The van der Waals surface area contributed by atoms with Gasteiger partial charge in [-0.15, -0.1) is 0 Å². The Hall–Kier alpha value is -3.84. The highest BCUT2D eigenvalue weighted by molar-refractivity contribution is 8.18. The number of nitrogens with one attached hydrogen (secondary N) is 1. The molecule has 3 aromatic rings. The average Bonchev–Trinajstić information content (AvgIpc) is 3.07. The number of ether oxygens (including phenoxy) is 1. The Labute approximate surface area is 190 Å². The molecule has 6 nitrogen and oxygen atoms in total. The summed E-state index contributed by atoms with van der Waals surface area (Å²) in [4.78, 5) is 31.3. The van der Waals surface area contributed by atoms with Crippen LogP contribution in [0, 0.1) is 0 Å². The third-order valence-corrected chi connectivity index (χ3v) is 5.65. The molecule has 2 amide bonds. The van der Waals surface area contributed by atoms with Crippen molar-refractivity contribution in [1.29, 1.82) is 0 Å². The number of carbonyl (C=O) groups excluding carboxylic acids is 2. The summed E-state index contributed by atoms with van der Waals surface area (Å²) in [5, 5.41) is 3.41. The summed E-state index contributed by atoms with van der Waals surface area (Å²) in [6.07, 6.45) is 1.82. The van der Waals surface area contributed by atoms with E-state index in [-0.39, 0.29) is 18.4 Å². The average molecular weight is 444 g/mol. The van der Waals surface area contributed by atoms with E-state index in [1.807, 2.05) is 78.9 Å². The van der Waals surface area contributed by atoms with E-state index in [0.29, 0.717) is 15.8 Å². The number of likely N-dealkylation sites (N-methyl/N-ethyl adjacent to an activating group) is 1. The van der Waals surface area contributed by atoms with E-state index in [0.717, 1.165) is 16.9 Å². The third kappa shape index (κ3) is 5.44. The molecule has 1 saturated heterocycles. The first-order valence-corrected chi connectivity index (χ1v) is 10.8. The summed E-state index contributed by atoms with van der Waals surface area (Å²) in [6, 6.07) is 26.0. The van der Waals surface area contributed by atoms with E-state index in [4.69, 9.17) is 4.74 Å². The van der Waals surface area contributed by atoms with Crippen molar-refractivity contribution in [2.75, 3.05) is 19.0 Å². The van der Waals surface area contributed by atoms with Crippen LogP contribution in [0.2, 0.25) is 0 Å². The smallest absolute Gasteiger partial charge is 0.266 e. The second-order valence-corrected chi connectivity index (χ2v) is 7.99. The molecular weight excluding hydrogens is 422 g/mol. The van der Waals surface area contributed by atoms with Crippen molar-refractivity contribution in [1.82, 2.24) is 4.90 Å². The molecule has 4 rings (SSSR count). The summed E-state index contributed by atoms with van der Waals surface area (Å²) in [7, 11) is 1.72. The molecule has 7 heteroatoms. The fourth-order valence-corrected chi connectivity index (χ4v) is 3.93. The van der Waals surface area contributed by atoms with Crippen LogP contribution in [0.4, 0.5) is 11.4 Å². The van der Waals surface area contributed by atoms with Crippen molar-refractivity contribution in [3.8, 4) is 5.75 Å². The summed E-state index contributed by atoms with van der Waals surface area (Å²) in [5.74, 6) is 0.246. The van der Waals surface area contributed by atoms with Gasteiger partial charge in [-0.05, 0) is 59.8 Å².